The van der Waals surface area contributed by atoms with Gasteiger partial charge in [0.15, 0.2) is 0 Å². The van der Waals surface area contributed by atoms with Crippen LogP contribution in [0.5, 0.6) is 0 Å². The number of hydrogen-bond donors (Lipinski definition) is 4. The van der Waals surface area contributed by atoms with Crippen LogP contribution in [0.25, 0.3) is 5.57 Å². The molecule has 2 aromatic rings. The van der Waals surface area contributed by atoms with Crippen molar-refractivity contribution in [2.75, 3.05) is 19.6 Å². The van der Waals surface area contributed by atoms with E-state index in [0.29, 0.717) is 12.6 Å². The van der Waals surface area contributed by atoms with Crippen molar-refractivity contribution in [3.63, 3.8) is 0 Å². The zero-order valence-electron chi connectivity index (χ0n) is 21.3. The summed E-state index contributed by atoms with van der Waals surface area (Å²) in [5.41, 5.74) is 1.92. The molecule has 0 bridgehead atoms. The van der Waals surface area contributed by atoms with Crippen molar-refractivity contribution in [2.24, 2.45) is 0 Å². The average Bonchev–Trinajstić information content (AvgIpc) is 3.21. The lowest BCUT2D eigenvalue weighted by molar-refractivity contribution is -0.139. The maximum atomic E-state index is 13.0. The van der Waals surface area contributed by atoms with Crippen molar-refractivity contribution in [3.05, 3.63) is 89.8 Å². The minimum Gasteiger partial charge on any atom is -0.478 e. The van der Waals surface area contributed by atoms with Crippen LogP contribution in [-0.2, 0) is 14.4 Å². The second-order valence-corrected chi connectivity index (χ2v) is 9.76. The van der Waals surface area contributed by atoms with Gasteiger partial charge in [0.25, 0.3) is 0 Å². The first kappa shape index (κ1) is 27.6. The van der Waals surface area contributed by atoms with Crippen LogP contribution in [0.3, 0.4) is 0 Å². The monoisotopic (exact) mass is 506 g/mol. The molecule has 1 amide bonds. The molecule has 0 fully saturated rings. The molecule has 1 atom stereocenters. The lowest BCUT2D eigenvalue weighted by atomic mass is 9.94. The van der Waals surface area contributed by atoms with Crippen LogP contribution in [0.4, 0.5) is 0 Å². The highest BCUT2D eigenvalue weighted by atomic mass is 16.4. The van der Waals surface area contributed by atoms with Crippen LogP contribution in [0, 0.1) is 0 Å². The highest BCUT2D eigenvalue weighted by molar-refractivity contribution is 5.95. The van der Waals surface area contributed by atoms with Gasteiger partial charge in [0.2, 0.25) is 5.91 Å². The molecule has 1 aliphatic heterocycles. The number of hydrogen-bond acceptors (Lipinski definition) is 6. The number of hydrazine groups is 1. The normalized spacial score (nSPS) is 16.4. The number of carboxylic acid groups (broad SMARTS) is 2. The standard InChI is InChI=1S/C28H34N4O5/c1-28(2,3)30-16-10-15-29-24(33)19-32-26(21-13-8-5-9-14-21)22(20-11-6-4-7-12-20)18-31(32)23(27(36)37)17-25(34)35/h4-9,11-14,17-18,26,30H,10,15-16,19H2,1-3H3,(H,29,33)(H,34,35)(H,36,37). The fourth-order valence-corrected chi connectivity index (χ4v) is 4.11. The third kappa shape index (κ3) is 7.77. The Labute approximate surface area is 217 Å². The van der Waals surface area contributed by atoms with Crippen LogP contribution < -0.4 is 10.6 Å². The first-order valence-corrected chi connectivity index (χ1v) is 12.1. The van der Waals surface area contributed by atoms with E-state index in [9.17, 15) is 24.6 Å². The van der Waals surface area contributed by atoms with Crippen molar-refractivity contribution in [2.45, 2.75) is 38.8 Å². The van der Waals surface area contributed by atoms with Gasteiger partial charge in [-0.1, -0.05) is 60.7 Å². The van der Waals surface area contributed by atoms with E-state index >= 15 is 0 Å². The van der Waals surface area contributed by atoms with Crippen LogP contribution in [0.15, 0.2) is 78.6 Å². The van der Waals surface area contributed by atoms with Gasteiger partial charge in [-0.05, 0) is 44.9 Å². The maximum absolute atomic E-state index is 13.0. The number of nitrogens with zero attached hydrogens (tertiary/aromatic N) is 2. The SMILES string of the molecule is CC(C)(C)NCCCNC(=O)CN1C(c2ccccc2)C(c2ccccc2)=CN1C(=CC(=O)O)C(=O)O. The largest absolute Gasteiger partial charge is 0.478 e. The number of carbonyl (C=O) groups excluding carboxylic acids is 1. The molecule has 37 heavy (non-hydrogen) atoms. The Balaban J connectivity index is 1.94. The molecule has 0 aromatic heterocycles. The Morgan fingerprint density at radius 3 is 2.14 bits per heavy atom. The average molecular weight is 507 g/mol. The van der Waals surface area contributed by atoms with Gasteiger partial charge in [-0.15, -0.1) is 0 Å². The van der Waals surface area contributed by atoms with E-state index in [1.165, 1.54) is 5.01 Å². The van der Waals surface area contributed by atoms with Gasteiger partial charge in [0, 0.05) is 23.9 Å². The smallest absolute Gasteiger partial charge is 0.354 e. The molecular weight excluding hydrogens is 472 g/mol. The molecule has 1 aliphatic rings. The maximum Gasteiger partial charge on any atom is 0.354 e. The van der Waals surface area contributed by atoms with Crippen molar-refractivity contribution >= 4 is 23.4 Å². The van der Waals surface area contributed by atoms with Gasteiger partial charge in [-0.3, -0.25) is 9.80 Å². The van der Waals surface area contributed by atoms with Crippen LogP contribution in [0.1, 0.15) is 44.4 Å². The van der Waals surface area contributed by atoms with Gasteiger partial charge in [0.1, 0.15) is 5.70 Å². The molecule has 4 N–H and O–H groups in total. The molecule has 0 aliphatic carbocycles. The van der Waals surface area contributed by atoms with Crippen molar-refractivity contribution in [1.29, 1.82) is 0 Å². The number of carboxylic acids is 2. The number of aliphatic carboxylic acids is 2. The fraction of sp³-hybridized carbons (Fsp3) is 0.321. The third-order valence-electron chi connectivity index (χ3n) is 5.72. The summed E-state index contributed by atoms with van der Waals surface area (Å²) in [6.45, 7) is 7.21. The minimum atomic E-state index is -1.42. The predicted molar refractivity (Wildman–Crippen MR) is 141 cm³/mol. The highest BCUT2D eigenvalue weighted by Crippen LogP contribution is 2.42. The highest BCUT2D eigenvalue weighted by Gasteiger charge is 2.39. The van der Waals surface area contributed by atoms with E-state index in [0.717, 1.165) is 29.7 Å². The lowest BCUT2D eigenvalue weighted by Gasteiger charge is -2.34. The molecule has 196 valence electrons. The zero-order valence-corrected chi connectivity index (χ0v) is 21.3. The summed E-state index contributed by atoms with van der Waals surface area (Å²) in [4.78, 5) is 36.6. The minimum absolute atomic E-state index is 0.0216. The van der Waals surface area contributed by atoms with Crippen LogP contribution >= 0.6 is 0 Å². The van der Waals surface area contributed by atoms with Crippen LogP contribution in [0.2, 0.25) is 0 Å². The van der Waals surface area contributed by atoms with Gasteiger partial charge >= 0.3 is 11.9 Å². The Hall–Kier alpha value is -3.95. The molecule has 1 unspecified atom stereocenters. The molecule has 2 aromatic carbocycles. The zero-order chi connectivity index (χ0) is 27.0. The van der Waals surface area contributed by atoms with Crippen LogP contribution in [-0.4, -0.2) is 63.2 Å². The van der Waals surface area contributed by atoms with E-state index in [-0.39, 0.29) is 18.0 Å². The molecule has 0 spiro atoms. The molecule has 0 saturated heterocycles. The molecule has 9 nitrogen and oxygen atoms in total. The molecule has 0 saturated carbocycles. The molecule has 0 radical (unpaired) electrons. The third-order valence-corrected chi connectivity index (χ3v) is 5.72. The molecule has 9 heteroatoms. The second-order valence-electron chi connectivity index (χ2n) is 9.76. The summed E-state index contributed by atoms with van der Waals surface area (Å²) in [7, 11) is 0. The Kier molecular flexibility index (Phi) is 9.21. The van der Waals surface area contributed by atoms with Gasteiger partial charge in [-0.25, -0.2) is 9.59 Å². The second kappa shape index (κ2) is 12.3. The van der Waals surface area contributed by atoms with E-state index in [2.05, 4.69) is 31.4 Å². The Morgan fingerprint density at radius 1 is 0.946 bits per heavy atom. The summed E-state index contributed by atoms with van der Waals surface area (Å²) in [6, 6.07) is 18.3. The topological polar surface area (TPSA) is 122 Å². The van der Waals surface area contributed by atoms with Gasteiger partial charge < -0.3 is 20.8 Å². The molecule has 1 heterocycles. The Bertz CT molecular complexity index is 1160. The summed E-state index contributed by atoms with van der Waals surface area (Å²) in [5.74, 6) is -3.12. The van der Waals surface area contributed by atoms with Gasteiger partial charge in [-0.2, -0.15) is 5.01 Å². The number of rotatable bonds is 11. The molecule has 3 rings (SSSR count). The van der Waals surface area contributed by atoms with Crippen molar-refractivity contribution in [3.8, 4) is 0 Å². The van der Waals surface area contributed by atoms with Crippen molar-refractivity contribution < 1.29 is 24.6 Å². The van der Waals surface area contributed by atoms with E-state index < -0.39 is 23.7 Å². The number of benzene rings is 2. The summed E-state index contributed by atoms with van der Waals surface area (Å²) >= 11 is 0. The summed E-state index contributed by atoms with van der Waals surface area (Å²) in [5, 5.41) is 28.4. The van der Waals surface area contributed by atoms with E-state index in [1.807, 2.05) is 60.7 Å². The first-order valence-electron chi connectivity index (χ1n) is 12.1. The summed E-state index contributed by atoms with van der Waals surface area (Å²) < 4.78 is 0. The summed E-state index contributed by atoms with van der Waals surface area (Å²) in [6.07, 6.45) is 2.95. The predicted octanol–water partition coefficient (Wildman–Crippen LogP) is 3.25. The van der Waals surface area contributed by atoms with E-state index in [4.69, 9.17) is 0 Å². The number of nitrogens with one attached hydrogen (secondary N) is 2. The number of amides is 1. The van der Waals surface area contributed by atoms with Gasteiger partial charge in [0.05, 0.1) is 18.7 Å². The Morgan fingerprint density at radius 2 is 1.57 bits per heavy atom. The van der Waals surface area contributed by atoms with E-state index in [1.54, 1.807) is 11.2 Å². The lowest BCUT2D eigenvalue weighted by Crippen LogP contribution is -2.45. The van der Waals surface area contributed by atoms with Crippen molar-refractivity contribution in [1.82, 2.24) is 20.7 Å². The fourth-order valence-electron chi connectivity index (χ4n) is 4.11. The first-order chi connectivity index (χ1) is 17.6. The quantitative estimate of drug-likeness (QED) is 0.271. The number of carbonyl (C=O) groups is 3. The molecular formula is C28H34N4O5.